The summed E-state index contributed by atoms with van der Waals surface area (Å²) < 4.78 is 10.1. The third kappa shape index (κ3) is 4.25. The molecule has 1 amide bonds. The summed E-state index contributed by atoms with van der Waals surface area (Å²) in [6.45, 7) is 5.19. The topological polar surface area (TPSA) is 71.7 Å². The number of nitrogens with zero attached hydrogens (tertiary/aromatic N) is 4. The summed E-state index contributed by atoms with van der Waals surface area (Å²) in [6.07, 6.45) is 2.03. The molecule has 0 N–H and O–H groups in total. The van der Waals surface area contributed by atoms with Gasteiger partial charge in [-0.25, -0.2) is 0 Å². The molecule has 1 unspecified atom stereocenters. The van der Waals surface area contributed by atoms with Crippen molar-refractivity contribution in [2.24, 2.45) is 5.92 Å². The Labute approximate surface area is 125 Å². The number of amides is 1. The van der Waals surface area contributed by atoms with E-state index in [0.29, 0.717) is 31.4 Å². The third-order valence-electron chi connectivity index (χ3n) is 3.78. The van der Waals surface area contributed by atoms with E-state index >= 15 is 0 Å². The highest BCUT2D eigenvalue weighted by Crippen LogP contribution is 2.18. The van der Waals surface area contributed by atoms with Crippen molar-refractivity contribution in [2.45, 2.75) is 32.9 Å². The standard InChI is InChI=1S/C14H24N4O3/c1-4-18(9-13-15-12(10-20-3)16-21-13)14(19)11-6-5-7-17(2)8-11/h11H,4-10H2,1-3H3. The van der Waals surface area contributed by atoms with Crippen LogP contribution in [0.15, 0.2) is 4.52 Å². The Kier molecular flexibility index (Phi) is 5.69. The Morgan fingerprint density at radius 2 is 2.38 bits per heavy atom. The van der Waals surface area contributed by atoms with E-state index in [-0.39, 0.29) is 11.8 Å². The maximum Gasteiger partial charge on any atom is 0.246 e. The highest BCUT2D eigenvalue weighted by Gasteiger charge is 2.28. The van der Waals surface area contributed by atoms with Gasteiger partial charge in [0.25, 0.3) is 0 Å². The molecular formula is C14H24N4O3. The zero-order valence-corrected chi connectivity index (χ0v) is 13.0. The van der Waals surface area contributed by atoms with E-state index in [4.69, 9.17) is 9.26 Å². The van der Waals surface area contributed by atoms with Crippen LogP contribution in [0.5, 0.6) is 0 Å². The summed E-state index contributed by atoms with van der Waals surface area (Å²) in [4.78, 5) is 20.8. The van der Waals surface area contributed by atoms with Crippen LogP contribution in [0.3, 0.4) is 0 Å². The highest BCUT2D eigenvalue weighted by atomic mass is 16.5. The summed E-state index contributed by atoms with van der Waals surface area (Å²) in [5.74, 6) is 1.22. The smallest absolute Gasteiger partial charge is 0.246 e. The monoisotopic (exact) mass is 296 g/mol. The number of carbonyl (C=O) groups is 1. The fourth-order valence-electron chi connectivity index (χ4n) is 2.68. The fourth-order valence-corrected chi connectivity index (χ4v) is 2.68. The lowest BCUT2D eigenvalue weighted by molar-refractivity contribution is -0.138. The second kappa shape index (κ2) is 7.51. The normalized spacial score (nSPS) is 19.7. The molecule has 1 aliphatic rings. The zero-order valence-electron chi connectivity index (χ0n) is 13.0. The predicted octanol–water partition coefficient (Wildman–Crippen LogP) is 0.906. The van der Waals surface area contributed by atoms with E-state index in [1.165, 1.54) is 0 Å². The molecule has 1 aromatic heterocycles. The molecular weight excluding hydrogens is 272 g/mol. The second-order valence-corrected chi connectivity index (χ2v) is 5.49. The molecule has 7 heteroatoms. The van der Waals surface area contributed by atoms with Gasteiger partial charge in [-0.05, 0) is 33.4 Å². The molecule has 0 radical (unpaired) electrons. The van der Waals surface area contributed by atoms with E-state index < -0.39 is 0 Å². The van der Waals surface area contributed by atoms with Gasteiger partial charge in [0.15, 0.2) is 5.82 Å². The molecule has 1 aromatic rings. The molecule has 0 aromatic carbocycles. The predicted molar refractivity (Wildman–Crippen MR) is 76.3 cm³/mol. The minimum atomic E-state index is 0.0741. The van der Waals surface area contributed by atoms with Crippen LogP contribution < -0.4 is 0 Å². The number of likely N-dealkylation sites (tertiary alicyclic amines) is 1. The van der Waals surface area contributed by atoms with E-state index in [2.05, 4.69) is 22.1 Å². The molecule has 1 saturated heterocycles. The van der Waals surface area contributed by atoms with E-state index in [1.807, 2.05) is 6.92 Å². The number of methoxy groups -OCH3 is 1. The van der Waals surface area contributed by atoms with Gasteiger partial charge in [0, 0.05) is 20.2 Å². The Hall–Kier alpha value is -1.47. The Balaban J connectivity index is 1.96. The molecule has 21 heavy (non-hydrogen) atoms. The molecule has 118 valence electrons. The number of carbonyl (C=O) groups excluding carboxylic acids is 1. The highest BCUT2D eigenvalue weighted by molar-refractivity contribution is 5.79. The van der Waals surface area contributed by atoms with Gasteiger partial charge in [0.1, 0.15) is 6.61 Å². The van der Waals surface area contributed by atoms with Crippen LogP contribution >= 0.6 is 0 Å². The SMILES string of the molecule is CCN(Cc1nc(COC)no1)C(=O)C1CCCN(C)C1. The molecule has 1 atom stereocenters. The first-order chi connectivity index (χ1) is 10.1. The van der Waals surface area contributed by atoms with Crippen molar-refractivity contribution in [3.63, 3.8) is 0 Å². The van der Waals surface area contributed by atoms with Crippen LogP contribution in [0.25, 0.3) is 0 Å². The van der Waals surface area contributed by atoms with Gasteiger partial charge in [-0.15, -0.1) is 0 Å². The Morgan fingerprint density at radius 3 is 3.05 bits per heavy atom. The first-order valence-corrected chi connectivity index (χ1v) is 7.41. The third-order valence-corrected chi connectivity index (χ3v) is 3.78. The number of rotatable bonds is 6. The number of ether oxygens (including phenoxy) is 1. The first-order valence-electron chi connectivity index (χ1n) is 7.41. The maximum atomic E-state index is 12.6. The van der Waals surface area contributed by atoms with Crippen LogP contribution in [-0.2, 0) is 22.7 Å². The van der Waals surface area contributed by atoms with Crippen molar-refractivity contribution in [2.75, 3.05) is 33.8 Å². The molecule has 0 spiro atoms. The molecule has 0 bridgehead atoms. The Bertz CT molecular complexity index is 463. The molecule has 2 heterocycles. The van der Waals surface area contributed by atoms with Gasteiger partial charge in [-0.3, -0.25) is 4.79 Å². The molecule has 0 saturated carbocycles. The van der Waals surface area contributed by atoms with Gasteiger partial charge in [0.05, 0.1) is 12.5 Å². The fraction of sp³-hybridized carbons (Fsp3) is 0.786. The number of hydrogen-bond acceptors (Lipinski definition) is 6. The molecule has 2 rings (SSSR count). The van der Waals surface area contributed by atoms with Gasteiger partial charge < -0.3 is 19.1 Å². The Morgan fingerprint density at radius 1 is 1.57 bits per heavy atom. The van der Waals surface area contributed by atoms with E-state index in [9.17, 15) is 4.79 Å². The number of hydrogen-bond donors (Lipinski definition) is 0. The van der Waals surface area contributed by atoms with Crippen LogP contribution in [0.2, 0.25) is 0 Å². The van der Waals surface area contributed by atoms with Crippen LogP contribution in [-0.4, -0.2) is 59.6 Å². The molecule has 1 fully saturated rings. The molecule has 7 nitrogen and oxygen atoms in total. The van der Waals surface area contributed by atoms with E-state index in [1.54, 1.807) is 12.0 Å². The number of aromatic nitrogens is 2. The maximum absolute atomic E-state index is 12.6. The van der Waals surface area contributed by atoms with Gasteiger partial charge in [-0.1, -0.05) is 5.16 Å². The molecule has 1 aliphatic heterocycles. The largest absolute Gasteiger partial charge is 0.377 e. The lowest BCUT2D eigenvalue weighted by Gasteiger charge is -2.32. The van der Waals surface area contributed by atoms with Crippen molar-refractivity contribution in [3.8, 4) is 0 Å². The second-order valence-electron chi connectivity index (χ2n) is 5.49. The van der Waals surface area contributed by atoms with Crippen LogP contribution in [0.4, 0.5) is 0 Å². The van der Waals surface area contributed by atoms with Crippen molar-refractivity contribution in [1.29, 1.82) is 0 Å². The lowest BCUT2D eigenvalue weighted by Crippen LogP contribution is -2.43. The quantitative estimate of drug-likeness (QED) is 0.777. The summed E-state index contributed by atoms with van der Waals surface area (Å²) in [6, 6.07) is 0. The van der Waals surface area contributed by atoms with E-state index in [0.717, 1.165) is 25.9 Å². The van der Waals surface area contributed by atoms with Crippen LogP contribution in [0.1, 0.15) is 31.5 Å². The summed E-state index contributed by atoms with van der Waals surface area (Å²) >= 11 is 0. The number of piperidine rings is 1. The first kappa shape index (κ1) is 15.9. The molecule has 0 aliphatic carbocycles. The average molecular weight is 296 g/mol. The zero-order chi connectivity index (χ0) is 15.2. The van der Waals surface area contributed by atoms with Gasteiger partial charge >= 0.3 is 0 Å². The summed E-state index contributed by atoms with van der Waals surface area (Å²) in [5, 5.41) is 3.82. The summed E-state index contributed by atoms with van der Waals surface area (Å²) in [5.41, 5.74) is 0. The minimum absolute atomic E-state index is 0.0741. The van der Waals surface area contributed by atoms with Crippen molar-refractivity contribution in [3.05, 3.63) is 11.7 Å². The lowest BCUT2D eigenvalue weighted by atomic mass is 9.97. The minimum Gasteiger partial charge on any atom is -0.377 e. The van der Waals surface area contributed by atoms with Crippen LogP contribution in [0, 0.1) is 5.92 Å². The average Bonchev–Trinajstić information content (AvgIpc) is 2.92. The van der Waals surface area contributed by atoms with Gasteiger partial charge in [-0.2, -0.15) is 4.98 Å². The van der Waals surface area contributed by atoms with Crippen molar-refractivity contribution in [1.82, 2.24) is 19.9 Å². The van der Waals surface area contributed by atoms with Gasteiger partial charge in [0.2, 0.25) is 11.8 Å². The van der Waals surface area contributed by atoms with Crippen molar-refractivity contribution >= 4 is 5.91 Å². The van der Waals surface area contributed by atoms with Crippen molar-refractivity contribution < 1.29 is 14.1 Å². The summed E-state index contributed by atoms with van der Waals surface area (Å²) in [7, 11) is 3.64.